The van der Waals surface area contributed by atoms with Crippen LogP contribution in [0.15, 0.2) is 28.7 Å². The first kappa shape index (κ1) is 16.2. The maximum absolute atomic E-state index is 11.9. The van der Waals surface area contributed by atoms with Crippen molar-refractivity contribution < 1.29 is 9.53 Å². The third-order valence-corrected chi connectivity index (χ3v) is 3.80. The van der Waals surface area contributed by atoms with Gasteiger partial charge in [-0.1, -0.05) is 41.9 Å². The smallest absolute Gasteiger partial charge is 0.313 e. The zero-order chi connectivity index (χ0) is 14.3. The molecule has 0 aromatic heterocycles. The summed E-state index contributed by atoms with van der Waals surface area (Å²) in [5.74, 6) is -0.376. The van der Waals surface area contributed by atoms with Crippen molar-refractivity contribution in [2.24, 2.45) is 0 Å². The molecule has 0 saturated heterocycles. The molecule has 1 aromatic rings. The lowest BCUT2D eigenvalue weighted by atomic mass is 10.0. The lowest BCUT2D eigenvalue weighted by Gasteiger charge is -2.18. The highest BCUT2D eigenvalue weighted by atomic mass is 79.9. The molecule has 0 bridgehead atoms. The van der Waals surface area contributed by atoms with Crippen LogP contribution in [-0.2, 0) is 9.53 Å². The number of halogens is 1. The van der Waals surface area contributed by atoms with E-state index in [1.165, 1.54) is 0 Å². The van der Waals surface area contributed by atoms with Gasteiger partial charge < -0.3 is 9.64 Å². The molecule has 0 aliphatic rings. The van der Waals surface area contributed by atoms with Gasteiger partial charge in [-0.25, -0.2) is 0 Å². The van der Waals surface area contributed by atoms with Gasteiger partial charge in [-0.05, 0) is 37.7 Å². The van der Waals surface area contributed by atoms with Crippen molar-refractivity contribution in [3.8, 4) is 0 Å². The van der Waals surface area contributed by atoms with Crippen molar-refractivity contribution in [3.63, 3.8) is 0 Å². The van der Waals surface area contributed by atoms with Crippen molar-refractivity contribution in [2.45, 2.75) is 26.7 Å². The van der Waals surface area contributed by atoms with Gasteiger partial charge in [0.05, 0.1) is 5.92 Å². The predicted molar refractivity (Wildman–Crippen MR) is 81.3 cm³/mol. The third kappa shape index (κ3) is 5.33. The molecule has 106 valence electrons. The lowest BCUT2D eigenvalue weighted by Crippen LogP contribution is -2.28. The topological polar surface area (TPSA) is 29.5 Å². The standard InChI is InChI=1S/C15H22BrNO2/c1-4-17(5-2)10-11-19-15(18)12(3)13-6-8-14(16)9-7-13/h6-9,12H,4-5,10-11H2,1-3H3/t12-/m0/s1. The summed E-state index contributed by atoms with van der Waals surface area (Å²) in [7, 11) is 0. The molecule has 4 heteroatoms. The number of hydrogen-bond donors (Lipinski definition) is 0. The Morgan fingerprint density at radius 1 is 1.26 bits per heavy atom. The van der Waals surface area contributed by atoms with Crippen LogP contribution in [0.1, 0.15) is 32.3 Å². The van der Waals surface area contributed by atoms with E-state index in [1.54, 1.807) is 0 Å². The molecule has 1 rings (SSSR count). The quantitative estimate of drug-likeness (QED) is 0.718. The highest BCUT2D eigenvalue weighted by molar-refractivity contribution is 9.10. The van der Waals surface area contributed by atoms with Gasteiger partial charge in [0.25, 0.3) is 0 Å². The second-order valence-corrected chi connectivity index (χ2v) is 5.38. The van der Waals surface area contributed by atoms with Gasteiger partial charge >= 0.3 is 5.97 Å². The summed E-state index contributed by atoms with van der Waals surface area (Å²) in [5, 5.41) is 0. The minimum Gasteiger partial charge on any atom is -0.464 e. The molecule has 0 aliphatic heterocycles. The predicted octanol–water partition coefficient (Wildman–Crippen LogP) is 3.44. The molecule has 0 unspecified atom stereocenters. The fourth-order valence-electron chi connectivity index (χ4n) is 1.83. The molecule has 1 atom stereocenters. The van der Waals surface area contributed by atoms with E-state index in [-0.39, 0.29) is 11.9 Å². The average molecular weight is 328 g/mol. The van der Waals surface area contributed by atoms with Gasteiger partial charge in [-0.3, -0.25) is 4.79 Å². The number of rotatable bonds is 7. The Bertz CT molecular complexity index is 388. The van der Waals surface area contributed by atoms with E-state index in [4.69, 9.17) is 4.74 Å². The van der Waals surface area contributed by atoms with Crippen LogP contribution in [0.5, 0.6) is 0 Å². The highest BCUT2D eigenvalue weighted by Gasteiger charge is 2.16. The van der Waals surface area contributed by atoms with E-state index in [0.29, 0.717) is 6.61 Å². The first-order chi connectivity index (χ1) is 9.08. The van der Waals surface area contributed by atoms with Gasteiger partial charge in [0, 0.05) is 11.0 Å². The Labute approximate surface area is 124 Å². The maximum Gasteiger partial charge on any atom is 0.313 e. The van der Waals surface area contributed by atoms with Crippen LogP contribution in [0.3, 0.4) is 0 Å². The Morgan fingerprint density at radius 3 is 2.37 bits per heavy atom. The van der Waals surface area contributed by atoms with E-state index in [2.05, 4.69) is 34.7 Å². The Morgan fingerprint density at radius 2 is 1.84 bits per heavy atom. The monoisotopic (exact) mass is 327 g/mol. The zero-order valence-electron chi connectivity index (χ0n) is 11.9. The summed E-state index contributed by atoms with van der Waals surface area (Å²) < 4.78 is 6.34. The van der Waals surface area contributed by atoms with Crippen molar-refractivity contribution in [1.29, 1.82) is 0 Å². The SMILES string of the molecule is CCN(CC)CCOC(=O)[C@@H](C)c1ccc(Br)cc1. The van der Waals surface area contributed by atoms with Crippen LogP contribution in [0, 0.1) is 0 Å². The average Bonchev–Trinajstić information content (AvgIpc) is 2.43. The summed E-state index contributed by atoms with van der Waals surface area (Å²) in [5.41, 5.74) is 0.982. The first-order valence-corrected chi connectivity index (χ1v) is 7.52. The molecule has 0 fully saturated rings. The molecular weight excluding hydrogens is 306 g/mol. The molecule has 19 heavy (non-hydrogen) atoms. The maximum atomic E-state index is 11.9. The van der Waals surface area contributed by atoms with Crippen LogP contribution in [0.4, 0.5) is 0 Å². The van der Waals surface area contributed by atoms with Gasteiger partial charge in [-0.15, -0.1) is 0 Å². The molecule has 0 N–H and O–H groups in total. The highest BCUT2D eigenvalue weighted by Crippen LogP contribution is 2.19. The van der Waals surface area contributed by atoms with Crippen LogP contribution in [0.25, 0.3) is 0 Å². The van der Waals surface area contributed by atoms with Crippen molar-refractivity contribution in [1.82, 2.24) is 4.90 Å². The number of esters is 1. The van der Waals surface area contributed by atoms with Crippen LogP contribution >= 0.6 is 15.9 Å². The summed E-state index contributed by atoms with van der Waals surface area (Å²) in [6.45, 7) is 9.31. The molecule has 0 radical (unpaired) electrons. The van der Waals surface area contributed by atoms with Crippen molar-refractivity contribution in [3.05, 3.63) is 34.3 Å². The number of carbonyl (C=O) groups excluding carboxylic acids is 1. The van der Waals surface area contributed by atoms with E-state index < -0.39 is 0 Å². The van der Waals surface area contributed by atoms with Gasteiger partial charge in [0.15, 0.2) is 0 Å². The van der Waals surface area contributed by atoms with E-state index in [9.17, 15) is 4.79 Å². The van der Waals surface area contributed by atoms with E-state index >= 15 is 0 Å². The first-order valence-electron chi connectivity index (χ1n) is 6.72. The third-order valence-electron chi connectivity index (χ3n) is 3.27. The van der Waals surface area contributed by atoms with E-state index in [0.717, 1.165) is 29.7 Å². The Kier molecular flexibility index (Phi) is 7.10. The summed E-state index contributed by atoms with van der Waals surface area (Å²) >= 11 is 3.38. The number of carbonyl (C=O) groups is 1. The van der Waals surface area contributed by atoms with Gasteiger partial charge in [0.2, 0.25) is 0 Å². The summed E-state index contributed by atoms with van der Waals surface area (Å²) in [6.07, 6.45) is 0. The van der Waals surface area contributed by atoms with Crippen molar-refractivity contribution in [2.75, 3.05) is 26.2 Å². The molecular formula is C15H22BrNO2. The number of ether oxygens (including phenoxy) is 1. The summed E-state index contributed by atoms with van der Waals surface area (Å²) in [6, 6.07) is 7.77. The van der Waals surface area contributed by atoms with E-state index in [1.807, 2.05) is 31.2 Å². The molecule has 0 amide bonds. The molecule has 0 saturated carbocycles. The fourth-order valence-corrected chi connectivity index (χ4v) is 2.09. The second-order valence-electron chi connectivity index (χ2n) is 4.47. The molecule has 0 aliphatic carbocycles. The van der Waals surface area contributed by atoms with Gasteiger partial charge in [-0.2, -0.15) is 0 Å². The minimum absolute atomic E-state index is 0.158. The number of hydrogen-bond acceptors (Lipinski definition) is 3. The number of nitrogens with zero attached hydrogens (tertiary/aromatic N) is 1. The molecule has 0 heterocycles. The normalized spacial score (nSPS) is 12.5. The minimum atomic E-state index is -0.218. The fraction of sp³-hybridized carbons (Fsp3) is 0.533. The lowest BCUT2D eigenvalue weighted by molar-refractivity contribution is -0.145. The zero-order valence-corrected chi connectivity index (χ0v) is 13.4. The second kappa shape index (κ2) is 8.33. The Hall–Kier alpha value is -0.870. The van der Waals surface area contributed by atoms with Crippen molar-refractivity contribution >= 4 is 21.9 Å². The van der Waals surface area contributed by atoms with Gasteiger partial charge in [0.1, 0.15) is 6.61 Å². The Balaban J connectivity index is 2.42. The largest absolute Gasteiger partial charge is 0.464 e. The number of benzene rings is 1. The van der Waals surface area contributed by atoms with Crippen LogP contribution in [0.2, 0.25) is 0 Å². The molecule has 3 nitrogen and oxygen atoms in total. The van der Waals surface area contributed by atoms with Crippen LogP contribution < -0.4 is 0 Å². The molecule has 0 spiro atoms. The molecule has 1 aromatic carbocycles. The summed E-state index contributed by atoms with van der Waals surface area (Å²) in [4.78, 5) is 14.2. The number of likely N-dealkylation sites (N-methyl/N-ethyl adjacent to an activating group) is 1. The van der Waals surface area contributed by atoms with Crippen LogP contribution in [-0.4, -0.2) is 37.1 Å².